The summed E-state index contributed by atoms with van der Waals surface area (Å²) in [6, 6.07) is 5.78. The Morgan fingerprint density at radius 3 is 2.88 bits per heavy atom. The van der Waals surface area contributed by atoms with Crippen molar-refractivity contribution in [2.75, 3.05) is 0 Å². The number of hydrogen-bond acceptors (Lipinski definition) is 3. The molecular formula is C11H7BrN4. The highest BCUT2D eigenvalue weighted by atomic mass is 79.9. The van der Waals surface area contributed by atoms with E-state index < -0.39 is 0 Å². The average Bonchev–Trinajstić information content (AvgIpc) is 2.73. The minimum absolute atomic E-state index is 0.862. The molecule has 0 bridgehead atoms. The van der Waals surface area contributed by atoms with E-state index in [1.54, 1.807) is 6.20 Å². The first-order valence-corrected chi connectivity index (χ1v) is 5.53. The second-order valence-corrected chi connectivity index (χ2v) is 4.23. The first-order valence-electron chi connectivity index (χ1n) is 4.73. The van der Waals surface area contributed by atoms with Gasteiger partial charge in [-0.1, -0.05) is 0 Å². The van der Waals surface area contributed by atoms with E-state index in [4.69, 9.17) is 0 Å². The zero-order valence-electron chi connectivity index (χ0n) is 8.21. The summed E-state index contributed by atoms with van der Waals surface area (Å²) in [5.74, 6) is 0. The SMILES string of the molecule is Brc1ccc2ncc(-c3ccncn3)n2c1. The van der Waals surface area contributed by atoms with Crippen LogP contribution in [0.3, 0.4) is 0 Å². The maximum Gasteiger partial charge on any atom is 0.137 e. The Morgan fingerprint density at radius 1 is 1.12 bits per heavy atom. The highest BCUT2D eigenvalue weighted by Gasteiger charge is 2.06. The van der Waals surface area contributed by atoms with Crippen molar-refractivity contribution in [3.8, 4) is 11.4 Å². The Balaban J connectivity index is 2.29. The third-order valence-corrected chi connectivity index (χ3v) is 2.78. The summed E-state index contributed by atoms with van der Waals surface area (Å²) in [6.45, 7) is 0. The van der Waals surface area contributed by atoms with Crippen LogP contribution < -0.4 is 0 Å². The van der Waals surface area contributed by atoms with Gasteiger partial charge in [0.2, 0.25) is 0 Å². The first kappa shape index (κ1) is 9.47. The van der Waals surface area contributed by atoms with E-state index in [0.29, 0.717) is 0 Å². The fourth-order valence-corrected chi connectivity index (χ4v) is 1.92. The van der Waals surface area contributed by atoms with Crippen molar-refractivity contribution < 1.29 is 0 Å². The Hall–Kier alpha value is -1.75. The van der Waals surface area contributed by atoms with Gasteiger partial charge < -0.3 is 0 Å². The summed E-state index contributed by atoms with van der Waals surface area (Å²) < 4.78 is 3.00. The maximum atomic E-state index is 4.32. The zero-order valence-corrected chi connectivity index (χ0v) is 9.79. The lowest BCUT2D eigenvalue weighted by Crippen LogP contribution is -1.90. The third-order valence-electron chi connectivity index (χ3n) is 2.31. The van der Waals surface area contributed by atoms with Gasteiger partial charge in [0.15, 0.2) is 0 Å². The van der Waals surface area contributed by atoms with Crippen LogP contribution in [-0.4, -0.2) is 19.4 Å². The Kier molecular flexibility index (Phi) is 2.18. The molecule has 3 heterocycles. The zero-order chi connectivity index (χ0) is 11.0. The normalized spacial score (nSPS) is 10.8. The molecule has 0 radical (unpaired) electrons. The van der Waals surface area contributed by atoms with Crippen molar-refractivity contribution in [3.63, 3.8) is 0 Å². The van der Waals surface area contributed by atoms with Crippen molar-refractivity contribution in [2.45, 2.75) is 0 Å². The lowest BCUT2D eigenvalue weighted by Gasteiger charge is -2.00. The van der Waals surface area contributed by atoms with Gasteiger partial charge in [0.1, 0.15) is 12.0 Å². The smallest absolute Gasteiger partial charge is 0.137 e. The standard InChI is InChI=1S/C11H7BrN4/c12-8-1-2-11-14-5-10(16(11)6-8)9-3-4-13-7-15-9/h1-7H. The molecule has 5 heteroatoms. The Morgan fingerprint density at radius 2 is 2.06 bits per heavy atom. The molecule has 0 atom stereocenters. The van der Waals surface area contributed by atoms with Crippen LogP contribution in [0.5, 0.6) is 0 Å². The summed E-state index contributed by atoms with van der Waals surface area (Å²) in [5, 5.41) is 0. The van der Waals surface area contributed by atoms with Crippen LogP contribution >= 0.6 is 15.9 Å². The highest BCUT2D eigenvalue weighted by molar-refractivity contribution is 9.10. The number of halogens is 1. The number of pyridine rings is 1. The summed E-state index contributed by atoms with van der Waals surface area (Å²) in [7, 11) is 0. The predicted molar refractivity (Wildman–Crippen MR) is 63.9 cm³/mol. The van der Waals surface area contributed by atoms with Crippen LogP contribution in [0.2, 0.25) is 0 Å². The molecular weight excluding hydrogens is 268 g/mol. The molecule has 0 N–H and O–H groups in total. The summed E-state index contributed by atoms with van der Waals surface area (Å²) in [5.41, 5.74) is 2.72. The number of rotatable bonds is 1. The largest absolute Gasteiger partial charge is 0.297 e. The molecule has 0 aliphatic heterocycles. The lowest BCUT2D eigenvalue weighted by molar-refractivity contribution is 1.12. The lowest BCUT2D eigenvalue weighted by atomic mass is 10.3. The van der Waals surface area contributed by atoms with Crippen LogP contribution in [0.25, 0.3) is 17.0 Å². The number of fused-ring (bicyclic) bond motifs is 1. The molecule has 0 unspecified atom stereocenters. The number of hydrogen-bond donors (Lipinski definition) is 0. The fourth-order valence-electron chi connectivity index (χ4n) is 1.59. The summed E-state index contributed by atoms with van der Waals surface area (Å²) in [4.78, 5) is 12.4. The topological polar surface area (TPSA) is 43.1 Å². The minimum Gasteiger partial charge on any atom is -0.297 e. The second kappa shape index (κ2) is 3.68. The van der Waals surface area contributed by atoms with E-state index in [9.17, 15) is 0 Å². The highest BCUT2D eigenvalue weighted by Crippen LogP contribution is 2.20. The van der Waals surface area contributed by atoms with Crippen LogP contribution in [0.15, 0.2) is 47.6 Å². The van der Waals surface area contributed by atoms with E-state index in [0.717, 1.165) is 21.5 Å². The molecule has 0 saturated carbocycles. The molecule has 4 nitrogen and oxygen atoms in total. The monoisotopic (exact) mass is 274 g/mol. The quantitative estimate of drug-likeness (QED) is 0.685. The molecule has 3 aromatic heterocycles. The van der Waals surface area contributed by atoms with E-state index in [1.165, 1.54) is 6.33 Å². The van der Waals surface area contributed by atoms with Gasteiger partial charge in [-0.3, -0.25) is 4.40 Å². The molecule has 0 spiro atoms. The second-order valence-electron chi connectivity index (χ2n) is 3.31. The summed E-state index contributed by atoms with van der Waals surface area (Å²) in [6.07, 6.45) is 7.04. The number of aromatic nitrogens is 4. The molecule has 0 aliphatic carbocycles. The van der Waals surface area contributed by atoms with Crippen molar-refractivity contribution in [3.05, 3.63) is 47.6 Å². The van der Waals surface area contributed by atoms with Crippen molar-refractivity contribution in [1.82, 2.24) is 19.4 Å². The minimum atomic E-state index is 0.862. The van der Waals surface area contributed by atoms with Crippen LogP contribution in [0, 0.1) is 0 Å². The first-order chi connectivity index (χ1) is 7.84. The van der Waals surface area contributed by atoms with Crippen LogP contribution in [0.4, 0.5) is 0 Å². The van der Waals surface area contributed by atoms with Crippen LogP contribution in [0.1, 0.15) is 0 Å². The molecule has 0 saturated heterocycles. The van der Waals surface area contributed by atoms with Crippen molar-refractivity contribution in [2.24, 2.45) is 0 Å². The van der Waals surface area contributed by atoms with Crippen LogP contribution in [-0.2, 0) is 0 Å². The predicted octanol–water partition coefficient (Wildman–Crippen LogP) is 2.55. The third kappa shape index (κ3) is 1.49. The maximum absolute atomic E-state index is 4.32. The fraction of sp³-hybridized carbons (Fsp3) is 0. The van der Waals surface area contributed by atoms with Gasteiger partial charge >= 0.3 is 0 Å². The molecule has 0 aliphatic rings. The van der Waals surface area contributed by atoms with Gasteiger partial charge in [-0.25, -0.2) is 15.0 Å². The Labute approximate surface area is 100 Å². The van der Waals surface area contributed by atoms with Gasteiger partial charge in [0.05, 0.1) is 17.6 Å². The van der Waals surface area contributed by atoms with Gasteiger partial charge in [-0.2, -0.15) is 0 Å². The number of imidazole rings is 1. The molecule has 16 heavy (non-hydrogen) atoms. The summed E-state index contributed by atoms with van der Waals surface area (Å²) >= 11 is 3.44. The van der Waals surface area contributed by atoms with Gasteiger partial charge in [0, 0.05) is 16.9 Å². The van der Waals surface area contributed by atoms with E-state index >= 15 is 0 Å². The average molecular weight is 275 g/mol. The van der Waals surface area contributed by atoms with E-state index in [1.807, 2.05) is 35.0 Å². The van der Waals surface area contributed by atoms with Gasteiger partial charge in [-0.15, -0.1) is 0 Å². The van der Waals surface area contributed by atoms with Gasteiger partial charge in [-0.05, 0) is 34.1 Å². The number of nitrogens with zero attached hydrogens (tertiary/aromatic N) is 4. The van der Waals surface area contributed by atoms with Crippen molar-refractivity contribution in [1.29, 1.82) is 0 Å². The molecule has 0 amide bonds. The van der Waals surface area contributed by atoms with Gasteiger partial charge in [0.25, 0.3) is 0 Å². The van der Waals surface area contributed by atoms with E-state index in [2.05, 4.69) is 30.9 Å². The molecule has 3 rings (SSSR count). The molecule has 0 aromatic carbocycles. The molecule has 78 valence electrons. The molecule has 3 aromatic rings. The Bertz CT molecular complexity index is 633. The van der Waals surface area contributed by atoms with E-state index in [-0.39, 0.29) is 0 Å². The van der Waals surface area contributed by atoms with Crippen molar-refractivity contribution >= 4 is 21.6 Å². The molecule has 0 fully saturated rings.